The van der Waals surface area contributed by atoms with Crippen LogP contribution < -0.4 is 5.32 Å². The maximum Gasteiger partial charge on any atom is 0.253 e. The van der Waals surface area contributed by atoms with Gasteiger partial charge in [0.15, 0.2) is 0 Å². The number of imidazole rings is 1. The van der Waals surface area contributed by atoms with E-state index in [1.165, 1.54) is 0 Å². The van der Waals surface area contributed by atoms with Crippen LogP contribution in [0.5, 0.6) is 0 Å². The fraction of sp³-hybridized carbons (Fsp3) is 0.333. The van der Waals surface area contributed by atoms with E-state index in [9.17, 15) is 4.79 Å². The summed E-state index contributed by atoms with van der Waals surface area (Å²) in [4.78, 5) is 19.0. The number of carbonyl (C=O) groups is 1. The van der Waals surface area contributed by atoms with Gasteiger partial charge in [0.2, 0.25) is 0 Å². The van der Waals surface area contributed by atoms with Gasteiger partial charge in [0, 0.05) is 25.4 Å². The molecule has 0 unspecified atom stereocenters. The van der Waals surface area contributed by atoms with Crippen LogP contribution in [-0.4, -0.2) is 32.6 Å². The minimum absolute atomic E-state index is 0.128. The monoisotopic (exact) mass is 245 g/mol. The van der Waals surface area contributed by atoms with Crippen LogP contribution in [-0.2, 0) is 6.42 Å². The lowest BCUT2D eigenvalue weighted by atomic mass is 10.2. The van der Waals surface area contributed by atoms with Crippen LogP contribution in [0.4, 0.5) is 0 Å². The first-order valence-corrected chi connectivity index (χ1v) is 5.74. The fourth-order valence-electron chi connectivity index (χ4n) is 1.60. The summed E-state index contributed by atoms with van der Waals surface area (Å²) in [5.41, 5.74) is 1.94. The predicted molar refractivity (Wildman–Crippen MR) is 66.1 cm³/mol. The summed E-state index contributed by atoms with van der Waals surface area (Å²) in [5, 5.41) is 10.7. The number of aromatic nitrogens is 4. The summed E-state index contributed by atoms with van der Waals surface area (Å²) in [6.07, 6.45) is 4.13. The molecule has 0 saturated carbocycles. The number of hydrogen-bond acceptors (Lipinski definition) is 4. The van der Waals surface area contributed by atoms with E-state index in [-0.39, 0.29) is 5.91 Å². The van der Waals surface area contributed by atoms with E-state index in [2.05, 4.69) is 25.5 Å². The average molecular weight is 245 g/mol. The number of hydrogen-bond donors (Lipinski definition) is 2. The van der Waals surface area contributed by atoms with E-state index in [1.54, 1.807) is 25.4 Å². The Hall–Kier alpha value is -2.24. The Bertz CT molecular complexity index is 535. The molecule has 0 bridgehead atoms. The number of H-pyrrole nitrogens is 1. The molecular weight excluding hydrogens is 230 g/mol. The van der Waals surface area contributed by atoms with Crippen molar-refractivity contribution in [3.63, 3.8) is 0 Å². The second kappa shape index (κ2) is 5.39. The van der Waals surface area contributed by atoms with E-state index >= 15 is 0 Å². The third-order valence-electron chi connectivity index (χ3n) is 2.55. The standard InChI is InChI=1S/C12H15N5O/c1-8-7-10(9(2)17-16-8)12(18)15-4-3-11-13-5-6-14-11/h5-7H,3-4H2,1-2H3,(H,13,14)(H,15,18). The van der Waals surface area contributed by atoms with E-state index in [1.807, 2.05) is 6.92 Å². The van der Waals surface area contributed by atoms with Crippen molar-refractivity contribution < 1.29 is 4.79 Å². The zero-order valence-corrected chi connectivity index (χ0v) is 10.4. The van der Waals surface area contributed by atoms with E-state index in [0.29, 0.717) is 24.2 Å². The van der Waals surface area contributed by atoms with Crippen LogP contribution in [0.25, 0.3) is 0 Å². The number of amides is 1. The highest BCUT2D eigenvalue weighted by atomic mass is 16.1. The van der Waals surface area contributed by atoms with Crippen molar-refractivity contribution in [3.05, 3.63) is 41.2 Å². The van der Waals surface area contributed by atoms with Crippen LogP contribution in [0.15, 0.2) is 18.5 Å². The highest BCUT2D eigenvalue weighted by Crippen LogP contribution is 2.04. The molecule has 18 heavy (non-hydrogen) atoms. The van der Waals surface area contributed by atoms with Gasteiger partial charge in [-0.15, -0.1) is 0 Å². The molecule has 0 spiro atoms. The van der Waals surface area contributed by atoms with Gasteiger partial charge in [-0.25, -0.2) is 4.98 Å². The molecule has 0 fully saturated rings. The Kier molecular flexibility index (Phi) is 3.66. The quantitative estimate of drug-likeness (QED) is 0.834. The minimum atomic E-state index is -0.128. The second-order valence-corrected chi connectivity index (χ2v) is 4.03. The van der Waals surface area contributed by atoms with E-state index in [0.717, 1.165) is 11.5 Å². The molecule has 0 saturated heterocycles. The van der Waals surface area contributed by atoms with Crippen LogP contribution in [0.2, 0.25) is 0 Å². The molecule has 6 heteroatoms. The van der Waals surface area contributed by atoms with Gasteiger partial charge in [0.05, 0.1) is 17.0 Å². The zero-order chi connectivity index (χ0) is 13.0. The molecule has 0 aliphatic heterocycles. The Morgan fingerprint density at radius 2 is 2.22 bits per heavy atom. The zero-order valence-electron chi connectivity index (χ0n) is 10.4. The molecule has 0 aliphatic rings. The number of carbonyl (C=O) groups excluding carboxylic acids is 1. The van der Waals surface area contributed by atoms with Crippen molar-refractivity contribution in [2.75, 3.05) is 6.54 Å². The topological polar surface area (TPSA) is 83.6 Å². The molecule has 0 aromatic carbocycles. The summed E-state index contributed by atoms with van der Waals surface area (Å²) in [6.45, 7) is 4.12. The van der Waals surface area contributed by atoms with Gasteiger partial charge in [-0.1, -0.05) is 0 Å². The van der Waals surface area contributed by atoms with Crippen molar-refractivity contribution >= 4 is 5.91 Å². The van der Waals surface area contributed by atoms with Crippen molar-refractivity contribution in [2.24, 2.45) is 0 Å². The van der Waals surface area contributed by atoms with Crippen LogP contribution in [0, 0.1) is 13.8 Å². The summed E-state index contributed by atoms with van der Waals surface area (Å²) < 4.78 is 0. The van der Waals surface area contributed by atoms with Crippen molar-refractivity contribution in [2.45, 2.75) is 20.3 Å². The van der Waals surface area contributed by atoms with Gasteiger partial charge in [-0.3, -0.25) is 4.79 Å². The van der Waals surface area contributed by atoms with Crippen molar-refractivity contribution in [1.82, 2.24) is 25.5 Å². The largest absolute Gasteiger partial charge is 0.352 e. The van der Waals surface area contributed by atoms with Gasteiger partial charge in [-0.2, -0.15) is 10.2 Å². The average Bonchev–Trinajstić information content (AvgIpc) is 2.85. The van der Waals surface area contributed by atoms with Crippen LogP contribution >= 0.6 is 0 Å². The van der Waals surface area contributed by atoms with Crippen molar-refractivity contribution in [1.29, 1.82) is 0 Å². The van der Waals surface area contributed by atoms with Gasteiger partial charge in [-0.05, 0) is 19.9 Å². The van der Waals surface area contributed by atoms with Gasteiger partial charge < -0.3 is 10.3 Å². The lowest BCUT2D eigenvalue weighted by Crippen LogP contribution is -2.27. The molecule has 2 aromatic heterocycles. The Labute approximate surface area is 105 Å². The first kappa shape index (κ1) is 12.2. The molecule has 2 N–H and O–H groups in total. The van der Waals surface area contributed by atoms with Crippen molar-refractivity contribution in [3.8, 4) is 0 Å². The third kappa shape index (κ3) is 2.91. The van der Waals surface area contributed by atoms with Crippen LogP contribution in [0.1, 0.15) is 27.6 Å². The second-order valence-electron chi connectivity index (χ2n) is 4.03. The SMILES string of the molecule is Cc1cc(C(=O)NCCc2ncc[nH]2)c(C)nn1. The number of rotatable bonds is 4. The van der Waals surface area contributed by atoms with Gasteiger partial charge in [0.1, 0.15) is 5.82 Å². The Morgan fingerprint density at radius 1 is 1.39 bits per heavy atom. The first-order chi connectivity index (χ1) is 8.66. The lowest BCUT2D eigenvalue weighted by Gasteiger charge is -2.06. The maximum atomic E-state index is 11.9. The predicted octanol–water partition coefficient (Wildman–Crippen LogP) is 0.789. The molecule has 2 heterocycles. The van der Waals surface area contributed by atoms with Gasteiger partial charge >= 0.3 is 0 Å². The molecule has 94 valence electrons. The van der Waals surface area contributed by atoms with Crippen LogP contribution in [0.3, 0.4) is 0 Å². The summed E-state index contributed by atoms with van der Waals surface area (Å²) in [6, 6.07) is 1.74. The van der Waals surface area contributed by atoms with Gasteiger partial charge in [0.25, 0.3) is 5.91 Å². The molecule has 2 aromatic rings. The van der Waals surface area contributed by atoms with E-state index < -0.39 is 0 Å². The highest BCUT2D eigenvalue weighted by molar-refractivity contribution is 5.95. The smallest absolute Gasteiger partial charge is 0.253 e. The molecule has 2 rings (SSSR count). The lowest BCUT2D eigenvalue weighted by molar-refractivity contribution is 0.0952. The third-order valence-corrected chi connectivity index (χ3v) is 2.55. The molecule has 0 aliphatic carbocycles. The van der Waals surface area contributed by atoms with E-state index in [4.69, 9.17) is 0 Å². The maximum absolute atomic E-state index is 11.9. The number of aryl methyl sites for hydroxylation is 2. The first-order valence-electron chi connectivity index (χ1n) is 5.74. The molecular formula is C12H15N5O. The Balaban J connectivity index is 1.93. The molecule has 0 radical (unpaired) electrons. The molecule has 1 amide bonds. The number of aromatic amines is 1. The molecule has 6 nitrogen and oxygen atoms in total. The number of nitrogens with one attached hydrogen (secondary N) is 2. The summed E-state index contributed by atoms with van der Waals surface area (Å²) >= 11 is 0. The normalized spacial score (nSPS) is 10.3. The minimum Gasteiger partial charge on any atom is -0.352 e. The summed E-state index contributed by atoms with van der Waals surface area (Å²) in [7, 11) is 0. The fourth-order valence-corrected chi connectivity index (χ4v) is 1.60. The molecule has 0 atom stereocenters. The Morgan fingerprint density at radius 3 is 2.94 bits per heavy atom. The summed E-state index contributed by atoms with van der Waals surface area (Å²) in [5.74, 6) is 0.730. The number of nitrogens with zero attached hydrogens (tertiary/aromatic N) is 3. The highest BCUT2D eigenvalue weighted by Gasteiger charge is 2.10.